The van der Waals surface area contributed by atoms with Gasteiger partial charge < -0.3 is 10.1 Å². The molecular formula is C25H22F2N8O3. The number of ether oxygens (including phenoxy) is 1. The van der Waals surface area contributed by atoms with Crippen molar-refractivity contribution in [1.29, 1.82) is 0 Å². The maximum absolute atomic E-state index is 13.9. The second-order valence-corrected chi connectivity index (χ2v) is 8.74. The number of hydrogen-bond donors (Lipinski definition) is 2. The van der Waals surface area contributed by atoms with Crippen LogP contribution in [0.2, 0.25) is 0 Å². The van der Waals surface area contributed by atoms with E-state index in [2.05, 4.69) is 35.9 Å². The Hall–Kier alpha value is -4.81. The summed E-state index contributed by atoms with van der Waals surface area (Å²) < 4.78 is 33.8. The van der Waals surface area contributed by atoms with Crippen molar-refractivity contribution in [2.24, 2.45) is 13.0 Å². The highest BCUT2D eigenvalue weighted by atomic mass is 19.1. The van der Waals surface area contributed by atoms with Gasteiger partial charge in [0.15, 0.2) is 11.5 Å². The highest BCUT2D eigenvalue weighted by Gasteiger charge is 2.44. The molecule has 0 aromatic carbocycles. The number of rotatable bonds is 7. The first kappa shape index (κ1) is 24.9. The van der Waals surface area contributed by atoms with Gasteiger partial charge in [-0.3, -0.25) is 20.1 Å². The van der Waals surface area contributed by atoms with Crippen LogP contribution in [0.25, 0.3) is 11.4 Å². The fraction of sp³-hybridized carbons (Fsp3) is 0.240. The van der Waals surface area contributed by atoms with E-state index < -0.39 is 24.0 Å². The molecule has 2 amide bonds. The monoisotopic (exact) mass is 520 g/mol. The predicted molar refractivity (Wildman–Crippen MR) is 131 cm³/mol. The van der Waals surface area contributed by atoms with Gasteiger partial charge in [0.25, 0.3) is 0 Å². The van der Waals surface area contributed by atoms with Gasteiger partial charge in [-0.25, -0.2) is 18.9 Å². The molecule has 0 saturated heterocycles. The lowest BCUT2D eigenvalue weighted by Gasteiger charge is -2.15. The summed E-state index contributed by atoms with van der Waals surface area (Å²) in [7, 11) is 1.55. The largest absolute Gasteiger partial charge is 0.441 e. The van der Waals surface area contributed by atoms with Crippen LogP contribution in [-0.4, -0.2) is 41.9 Å². The molecule has 38 heavy (non-hydrogen) atoms. The van der Waals surface area contributed by atoms with Gasteiger partial charge in [0, 0.05) is 30.8 Å². The molecule has 1 saturated carbocycles. The molecule has 1 aliphatic rings. The van der Waals surface area contributed by atoms with Crippen molar-refractivity contribution in [3.05, 3.63) is 78.0 Å². The van der Waals surface area contributed by atoms with Crippen LogP contribution in [0.15, 0.2) is 55.0 Å². The van der Waals surface area contributed by atoms with Crippen LogP contribution >= 0.6 is 0 Å². The zero-order valence-electron chi connectivity index (χ0n) is 20.3. The van der Waals surface area contributed by atoms with Gasteiger partial charge in [-0.2, -0.15) is 4.39 Å². The molecule has 1 unspecified atom stereocenters. The number of carbonyl (C=O) groups excluding carboxylic acids is 2. The second-order valence-electron chi connectivity index (χ2n) is 8.74. The number of halogens is 2. The molecule has 1 fully saturated rings. The Kier molecular flexibility index (Phi) is 6.73. The predicted octanol–water partition coefficient (Wildman–Crippen LogP) is 4.00. The number of amides is 2. The van der Waals surface area contributed by atoms with Crippen LogP contribution in [0.5, 0.6) is 0 Å². The van der Waals surface area contributed by atoms with Gasteiger partial charge in [0.1, 0.15) is 11.9 Å². The first-order valence-corrected chi connectivity index (χ1v) is 11.7. The fourth-order valence-electron chi connectivity index (χ4n) is 3.99. The summed E-state index contributed by atoms with van der Waals surface area (Å²) >= 11 is 0. The highest BCUT2D eigenvalue weighted by molar-refractivity contribution is 5.95. The average Bonchev–Trinajstić information content (AvgIpc) is 3.64. The Bertz CT molecular complexity index is 1480. The quantitative estimate of drug-likeness (QED) is 0.349. The van der Waals surface area contributed by atoms with Crippen molar-refractivity contribution >= 4 is 23.5 Å². The maximum Gasteiger partial charge on any atom is 0.413 e. The van der Waals surface area contributed by atoms with E-state index >= 15 is 0 Å². The molecule has 3 atom stereocenters. The standard InChI is InChI=1S/C25H22F2N8O3/c1-13(16-9-14(26)11-30-22(16)27)38-25(37)32-23-21(33-34-35(23)2)20-7-6-15(12-29-20)31-24(36)18-10-17(18)19-5-3-4-8-28-19/h3-9,11-13,17-18H,10H2,1-2H3,(H,31,36)(H,32,37)/t13-,17-,18?/m1/s1. The number of nitrogens with one attached hydrogen (secondary N) is 2. The Balaban J connectivity index is 1.22. The molecule has 1 aliphatic carbocycles. The van der Waals surface area contributed by atoms with Crippen molar-refractivity contribution in [2.75, 3.05) is 10.6 Å². The van der Waals surface area contributed by atoms with Crippen LogP contribution in [0.3, 0.4) is 0 Å². The van der Waals surface area contributed by atoms with Gasteiger partial charge in [0.2, 0.25) is 11.9 Å². The molecule has 0 aliphatic heterocycles. The average molecular weight is 521 g/mol. The lowest BCUT2D eigenvalue weighted by Crippen LogP contribution is -2.19. The SMILES string of the molecule is C[C@@H](OC(=O)Nc1c(-c2ccc(NC(=O)C3C[C@H]3c3ccccn3)cn2)nnn1C)c1cc(F)cnc1F. The normalized spacial score (nSPS) is 16.9. The van der Waals surface area contributed by atoms with E-state index in [0.29, 0.717) is 11.4 Å². The van der Waals surface area contributed by atoms with Crippen molar-refractivity contribution in [3.8, 4) is 11.4 Å². The zero-order valence-corrected chi connectivity index (χ0v) is 20.3. The Labute approximate surface area is 215 Å². The van der Waals surface area contributed by atoms with Crippen LogP contribution in [0.4, 0.5) is 25.1 Å². The summed E-state index contributed by atoms with van der Waals surface area (Å²) in [6.45, 7) is 1.39. The molecule has 0 radical (unpaired) electrons. The number of aryl methyl sites for hydroxylation is 1. The van der Waals surface area contributed by atoms with Gasteiger partial charge in [0.05, 0.1) is 29.3 Å². The molecule has 4 aromatic heterocycles. The maximum atomic E-state index is 13.9. The summed E-state index contributed by atoms with van der Waals surface area (Å²) in [5.74, 6) is -1.69. The summed E-state index contributed by atoms with van der Waals surface area (Å²) in [5, 5.41) is 13.3. The topological polar surface area (TPSA) is 137 Å². The van der Waals surface area contributed by atoms with E-state index in [0.717, 1.165) is 24.4 Å². The van der Waals surface area contributed by atoms with Crippen LogP contribution in [0, 0.1) is 17.7 Å². The lowest BCUT2D eigenvalue weighted by atomic mass is 10.2. The fourth-order valence-corrected chi connectivity index (χ4v) is 3.99. The first-order chi connectivity index (χ1) is 18.3. The smallest absolute Gasteiger partial charge is 0.413 e. The molecule has 13 heteroatoms. The van der Waals surface area contributed by atoms with Crippen molar-refractivity contribution in [1.82, 2.24) is 29.9 Å². The van der Waals surface area contributed by atoms with Crippen molar-refractivity contribution in [2.45, 2.75) is 25.4 Å². The first-order valence-electron chi connectivity index (χ1n) is 11.7. The van der Waals surface area contributed by atoms with Crippen LogP contribution < -0.4 is 10.6 Å². The summed E-state index contributed by atoms with van der Waals surface area (Å²) in [5.41, 5.74) is 1.81. The minimum Gasteiger partial charge on any atom is -0.441 e. The molecule has 11 nitrogen and oxygen atoms in total. The number of anilines is 2. The van der Waals surface area contributed by atoms with Crippen LogP contribution in [-0.2, 0) is 16.6 Å². The molecule has 5 rings (SSSR count). The summed E-state index contributed by atoms with van der Waals surface area (Å²) in [6.07, 6.45) is 2.59. The summed E-state index contributed by atoms with van der Waals surface area (Å²) in [4.78, 5) is 37.1. The van der Waals surface area contributed by atoms with E-state index in [1.807, 2.05) is 18.2 Å². The minimum atomic E-state index is -1.12. The number of nitrogens with zero attached hydrogens (tertiary/aromatic N) is 6. The number of aromatic nitrogens is 6. The third kappa shape index (κ3) is 5.31. The van der Waals surface area contributed by atoms with E-state index in [1.54, 1.807) is 25.4 Å². The third-order valence-corrected chi connectivity index (χ3v) is 6.07. The number of hydrogen-bond acceptors (Lipinski definition) is 8. The van der Waals surface area contributed by atoms with Gasteiger partial charge in [-0.15, -0.1) is 5.10 Å². The zero-order chi connectivity index (χ0) is 26.8. The summed E-state index contributed by atoms with van der Waals surface area (Å²) in [6, 6.07) is 9.84. The molecular weight excluding hydrogens is 498 g/mol. The van der Waals surface area contributed by atoms with Gasteiger partial charge in [-0.05, 0) is 43.7 Å². The van der Waals surface area contributed by atoms with Crippen molar-refractivity contribution < 1.29 is 23.1 Å². The van der Waals surface area contributed by atoms with Gasteiger partial charge in [-0.1, -0.05) is 11.3 Å². The Morgan fingerprint density at radius 2 is 1.95 bits per heavy atom. The van der Waals surface area contributed by atoms with Gasteiger partial charge >= 0.3 is 6.09 Å². The van der Waals surface area contributed by atoms with Crippen LogP contribution in [0.1, 0.15) is 36.6 Å². The molecule has 194 valence electrons. The number of pyridine rings is 3. The Morgan fingerprint density at radius 1 is 1.11 bits per heavy atom. The highest BCUT2D eigenvalue weighted by Crippen LogP contribution is 2.47. The Morgan fingerprint density at radius 3 is 2.68 bits per heavy atom. The van der Waals surface area contributed by atoms with E-state index in [-0.39, 0.29) is 34.8 Å². The number of carbonyl (C=O) groups is 2. The molecule has 4 aromatic rings. The van der Waals surface area contributed by atoms with Crippen molar-refractivity contribution in [3.63, 3.8) is 0 Å². The molecule has 2 N–H and O–H groups in total. The third-order valence-electron chi connectivity index (χ3n) is 6.07. The lowest BCUT2D eigenvalue weighted by molar-refractivity contribution is -0.117. The van der Waals surface area contributed by atoms with E-state index in [4.69, 9.17) is 4.74 Å². The molecule has 0 bridgehead atoms. The molecule has 0 spiro atoms. The molecule has 4 heterocycles. The minimum absolute atomic E-state index is 0.104. The second kappa shape index (κ2) is 10.3. The van der Waals surface area contributed by atoms with E-state index in [9.17, 15) is 18.4 Å². The van der Waals surface area contributed by atoms with E-state index in [1.165, 1.54) is 17.8 Å².